The largest absolute Gasteiger partial charge is 0.493 e. The molecule has 2 aromatic carbocycles. The van der Waals surface area contributed by atoms with Gasteiger partial charge in [-0.2, -0.15) is 0 Å². The standard InChI is InChI=1S/C21H27ClN2O3/c1-3-13-27-20-18(22)14-17(15-19(20)26-2)21(25)24(12-10-23)11-9-16-7-5-4-6-8-16/h4-8,14-15H,3,9-13,23H2,1-2H3. The van der Waals surface area contributed by atoms with Crippen molar-refractivity contribution in [2.75, 3.05) is 33.4 Å². The number of carbonyl (C=O) groups is 1. The van der Waals surface area contributed by atoms with Crippen LogP contribution in [0.25, 0.3) is 0 Å². The van der Waals surface area contributed by atoms with Gasteiger partial charge >= 0.3 is 0 Å². The van der Waals surface area contributed by atoms with Crippen molar-refractivity contribution >= 4 is 17.5 Å². The van der Waals surface area contributed by atoms with E-state index >= 15 is 0 Å². The molecule has 0 saturated heterocycles. The van der Waals surface area contributed by atoms with Crippen LogP contribution in [0.3, 0.4) is 0 Å². The lowest BCUT2D eigenvalue weighted by molar-refractivity contribution is 0.0761. The number of hydrogen-bond acceptors (Lipinski definition) is 4. The minimum absolute atomic E-state index is 0.126. The molecule has 0 spiro atoms. The van der Waals surface area contributed by atoms with Crippen LogP contribution < -0.4 is 15.2 Å². The minimum atomic E-state index is -0.126. The van der Waals surface area contributed by atoms with E-state index in [1.165, 1.54) is 12.7 Å². The van der Waals surface area contributed by atoms with Crippen LogP contribution in [-0.2, 0) is 6.42 Å². The second-order valence-corrected chi connectivity index (χ2v) is 6.56. The van der Waals surface area contributed by atoms with E-state index in [1.807, 2.05) is 37.3 Å². The topological polar surface area (TPSA) is 64.8 Å². The van der Waals surface area contributed by atoms with Crippen molar-refractivity contribution < 1.29 is 14.3 Å². The Labute approximate surface area is 166 Å². The lowest BCUT2D eigenvalue weighted by Crippen LogP contribution is -2.37. The van der Waals surface area contributed by atoms with Crippen LogP contribution in [0, 0.1) is 0 Å². The van der Waals surface area contributed by atoms with Gasteiger partial charge in [0.2, 0.25) is 0 Å². The fourth-order valence-electron chi connectivity index (χ4n) is 2.75. The third-order valence-corrected chi connectivity index (χ3v) is 4.41. The maximum Gasteiger partial charge on any atom is 0.254 e. The lowest BCUT2D eigenvalue weighted by Gasteiger charge is -2.23. The summed E-state index contributed by atoms with van der Waals surface area (Å²) >= 11 is 6.35. The van der Waals surface area contributed by atoms with Crippen LogP contribution >= 0.6 is 11.6 Å². The molecule has 0 aliphatic heterocycles. The van der Waals surface area contributed by atoms with Crippen molar-refractivity contribution in [2.24, 2.45) is 5.73 Å². The summed E-state index contributed by atoms with van der Waals surface area (Å²) in [5, 5.41) is 0.363. The molecular weight excluding hydrogens is 364 g/mol. The molecule has 5 nitrogen and oxygen atoms in total. The molecule has 1 amide bonds. The van der Waals surface area contributed by atoms with Crippen LogP contribution in [0.2, 0.25) is 5.02 Å². The quantitative estimate of drug-likeness (QED) is 0.670. The van der Waals surface area contributed by atoms with E-state index in [1.54, 1.807) is 17.0 Å². The van der Waals surface area contributed by atoms with Gasteiger partial charge in [0.1, 0.15) is 0 Å². The van der Waals surface area contributed by atoms with Crippen LogP contribution in [0.1, 0.15) is 29.3 Å². The van der Waals surface area contributed by atoms with Crippen molar-refractivity contribution in [3.8, 4) is 11.5 Å². The monoisotopic (exact) mass is 390 g/mol. The molecule has 0 radical (unpaired) electrons. The third kappa shape index (κ3) is 5.88. The number of rotatable bonds is 10. The second kappa shape index (κ2) is 10.8. The smallest absolute Gasteiger partial charge is 0.254 e. The first-order valence-electron chi connectivity index (χ1n) is 9.14. The minimum Gasteiger partial charge on any atom is -0.493 e. The molecular formula is C21H27ClN2O3. The van der Waals surface area contributed by atoms with Gasteiger partial charge in [-0.3, -0.25) is 4.79 Å². The second-order valence-electron chi connectivity index (χ2n) is 6.15. The highest BCUT2D eigenvalue weighted by molar-refractivity contribution is 6.32. The van der Waals surface area contributed by atoms with Gasteiger partial charge in [0.15, 0.2) is 11.5 Å². The highest BCUT2D eigenvalue weighted by Gasteiger charge is 2.20. The Morgan fingerprint density at radius 2 is 1.93 bits per heavy atom. The predicted octanol–water partition coefficient (Wildman–Crippen LogP) is 3.78. The lowest BCUT2D eigenvalue weighted by atomic mass is 10.1. The molecule has 2 aromatic rings. The van der Waals surface area contributed by atoms with E-state index in [-0.39, 0.29) is 5.91 Å². The van der Waals surface area contributed by atoms with E-state index in [9.17, 15) is 4.79 Å². The molecule has 2 N–H and O–H groups in total. The molecule has 146 valence electrons. The van der Waals surface area contributed by atoms with E-state index in [4.69, 9.17) is 26.8 Å². The van der Waals surface area contributed by atoms with E-state index in [0.29, 0.717) is 48.3 Å². The van der Waals surface area contributed by atoms with Crippen LogP contribution in [-0.4, -0.2) is 44.2 Å². The summed E-state index contributed by atoms with van der Waals surface area (Å²) < 4.78 is 11.0. The van der Waals surface area contributed by atoms with Crippen molar-refractivity contribution in [1.82, 2.24) is 4.90 Å². The zero-order chi connectivity index (χ0) is 19.6. The van der Waals surface area contributed by atoms with Crippen LogP contribution in [0.5, 0.6) is 11.5 Å². The average molecular weight is 391 g/mol. The van der Waals surface area contributed by atoms with Crippen LogP contribution in [0.15, 0.2) is 42.5 Å². The molecule has 6 heteroatoms. The maximum atomic E-state index is 13.0. The Morgan fingerprint density at radius 3 is 2.56 bits per heavy atom. The summed E-state index contributed by atoms with van der Waals surface area (Å²) in [6.45, 7) is 3.98. The fraction of sp³-hybridized carbons (Fsp3) is 0.381. The number of nitrogens with zero attached hydrogens (tertiary/aromatic N) is 1. The number of carbonyl (C=O) groups excluding carboxylic acids is 1. The predicted molar refractivity (Wildman–Crippen MR) is 109 cm³/mol. The molecule has 0 saturated carbocycles. The Balaban J connectivity index is 2.19. The maximum absolute atomic E-state index is 13.0. The van der Waals surface area contributed by atoms with Gasteiger partial charge in [-0.1, -0.05) is 48.9 Å². The zero-order valence-electron chi connectivity index (χ0n) is 15.9. The van der Waals surface area contributed by atoms with E-state index in [0.717, 1.165) is 12.8 Å². The SMILES string of the molecule is CCCOc1c(Cl)cc(C(=O)N(CCN)CCc2ccccc2)cc1OC. The Bertz CT molecular complexity index is 738. The van der Waals surface area contributed by atoms with Crippen molar-refractivity contribution in [1.29, 1.82) is 0 Å². The summed E-state index contributed by atoms with van der Waals surface area (Å²) in [4.78, 5) is 14.8. The molecule has 0 bridgehead atoms. The van der Waals surface area contributed by atoms with E-state index < -0.39 is 0 Å². The van der Waals surface area contributed by atoms with Gasteiger partial charge in [0.05, 0.1) is 18.7 Å². The van der Waals surface area contributed by atoms with Gasteiger partial charge in [-0.25, -0.2) is 0 Å². The van der Waals surface area contributed by atoms with Gasteiger partial charge in [0.25, 0.3) is 5.91 Å². The summed E-state index contributed by atoms with van der Waals surface area (Å²) in [6.07, 6.45) is 1.61. The van der Waals surface area contributed by atoms with E-state index in [2.05, 4.69) is 0 Å². The van der Waals surface area contributed by atoms with Gasteiger partial charge < -0.3 is 20.1 Å². The number of ether oxygens (including phenoxy) is 2. The molecule has 0 aliphatic carbocycles. The number of hydrogen-bond donors (Lipinski definition) is 1. The summed E-state index contributed by atoms with van der Waals surface area (Å²) in [5.74, 6) is 0.793. The molecule has 0 fully saturated rings. The summed E-state index contributed by atoms with van der Waals surface area (Å²) in [5.41, 5.74) is 7.35. The first-order valence-corrected chi connectivity index (χ1v) is 9.52. The molecule has 0 aliphatic rings. The third-order valence-electron chi connectivity index (χ3n) is 4.13. The highest BCUT2D eigenvalue weighted by Crippen LogP contribution is 2.36. The Kier molecular flexibility index (Phi) is 8.43. The Hall–Kier alpha value is -2.24. The average Bonchev–Trinajstić information content (AvgIpc) is 2.69. The fourth-order valence-corrected chi connectivity index (χ4v) is 3.01. The van der Waals surface area contributed by atoms with Crippen LogP contribution in [0.4, 0.5) is 0 Å². The molecule has 0 aromatic heterocycles. The van der Waals surface area contributed by atoms with Gasteiger partial charge in [-0.15, -0.1) is 0 Å². The number of halogens is 1. The number of benzene rings is 2. The number of amides is 1. The summed E-state index contributed by atoms with van der Waals surface area (Å²) in [7, 11) is 1.53. The molecule has 0 unspecified atom stereocenters. The molecule has 27 heavy (non-hydrogen) atoms. The summed E-state index contributed by atoms with van der Waals surface area (Å²) in [6, 6.07) is 13.3. The molecule has 0 atom stereocenters. The zero-order valence-corrected chi connectivity index (χ0v) is 16.7. The van der Waals surface area contributed by atoms with Gasteiger partial charge in [-0.05, 0) is 30.5 Å². The van der Waals surface area contributed by atoms with Gasteiger partial charge in [0, 0.05) is 25.2 Å². The molecule has 0 heterocycles. The van der Waals surface area contributed by atoms with Crippen molar-refractivity contribution in [3.05, 3.63) is 58.6 Å². The highest BCUT2D eigenvalue weighted by atomic mass is 35.5. The Morgan fingerprint density at radius 1 is 1.19 bits per heavy atom. The number of nitrogens with two attached hydrogens (primary N) is 1. The van der Waals surface area contributed by atoms with Crippen molar-refractivity contribution in [3.63, 3.8) is 0 Å². The molecule has 2 rings (SSSR count). The normalized spacial score (nSPS) is 10.5. The number of methoxy groups -OCH3 is 1. The first kappa shape index (κ1) is 21.1. The van der Waals surface area contributed by atoms with Crippen molar-refractivity contribution in [2.45, 2.75) is 19.8 Å². The first-order chi connectivity index (χ1) is 13.1.